The summed E-state index contributed by atoms with van der Waals surface area (Å²) in [5.74, 6) is -0.211. The topological polar surface area (TPSA) is 80.2 Å². The average molecular weight is 492 g/mol. The Morgan fingerprint density at radius 3 is 2.79 bits per heavy atom. The number of amides is 1. The minimum absolute atomic E-state index is 0.0328. The van der Waals surface area contributed by atoms with Crippen LogP contribution in [0.15, 0.2) is 30.7 Å². The fourth-order valence-electron chi connectivity index (χ4n) is 3.76. The lowest BCUT2D eigenvalue weighted by Crippen LogP contribution is -2.42. The van der Waals surface area contributed by atoms with Gasteiger partial charge in [0.15, 0.2) is 5.82 Å². The molecule has 1 amide bonds. The highest BCUT2D eigenvalue weighted by molar-refractivity contribution is 6.42. The Labute approximate surface area is 201 Å². The minimum atomic E-state index is -0.662. The molecule has 0 radical (unpaired) electrons. The predicted octanol–water partition coefficient (Wildman–Crippen LogP) is 6.33. The van der Waals surface area contributed by atoms with E-state index in [2.05, 4.69) is 20.3 Å². The van der Waals surface area contributed by atoms with Gasteiger partial charge in [0.05, 0.1) is 27.4 Å². The van der Waals surface area contributed by atoms with Crippen molar-refractivity contribution < 1.29 is 13.9 Å². The van der Waals surface area contributed by atoms with Crippen molar-refractivity contribution in [3.8, 4) is 0 Å². The number of halogens is 3. The van der Waals surface area contributed by atoms with Crippen molar-refractivity contribution in [3.63, 3.8) is 0 Å². The average Bonchev–Trinajstić information content (AvgIpc) is 2.78. The first-order valence-electron chi connectivity index (χ1n) is 10.6. The number of carbonyl (C=O) groups excluding carboxylic acids is 1. The number of benzene rings is 1. The van der Waals surface area contributed by atoms with Crippen molar-refractivity contribution in [1.29, 1.82) is 0 Å². The van der Waals surface area contributed by atoms with Gasteiger partial charge in [0.1, 0.15) is 17.7 Å². The number of piperidine rings is 1. The van der Waals surface area contributed by atoms with Gasteiger partial charge in [-0.2, -0.15) is 0 Å². The van der Waals surface area contributed by atoms with Gasteiger partial charge in [-0.3, -0.25) is 4.98 Å². The molecular formula is C23H24Cl2FN5O2. The summed E-state index contributed by atoms with van der Waals surface area (Å²) in [6.07, 6.45) is 4.44. The van der Waals surface area contributed by atoms with E-state index in [1.807, 2.05) is 26.8 Å². The van der Waals surface area contributed by atoms with Crippen molar-refractivity contribution in [2.45, 2.75) is 45.1 Å². The Kier molecular flexibility index (Phi) is 6.59. The van der Waals surface area contributed by atoms with Crippen LogP contribution in [0.25, 0.3) is 10.9 Å². The number of rotatable bonds is 3. The number of ether oxygens (including phenoxy) is 1. The van der Waals surface area contributed by atoms with Crippen LogP contribution in [0.1, 0.15) is 45.2 Å². The number of carbonyl (C=O) groups is 1. The van der Waals surface area contributed by atoms with Crippen LogP contribution in [-0.4, -0.2) is 44.6 Å². The Hall–Kier alpha value is -2.71. The van der Waals surface area contributed by atoms with Crippen LogP contribution in [0, 0.1) is 5.82 Å². The SMILES string of the molecule is CC(C)(C)OC(=O)N1CCC[C@H](c2cc3c(Nc4ccc(Cl)c(Cl)c4F)ncnc3cn2)C1. The monoisotopic (exact) mass is 491 g/mol. The Bertz CT molecular complexity index is 1200. The van der Waals surface area contributed by atoms with Crippen LogP contribution in [0.5, 0.6) is 0 Å². The number of pyridine rings is 1. The van der Waals surface area contributed by atoms with Crippen LogP contribution in [0.3, 0.4) is 0 Å². The number of aromatic nitrogens is 3. The van der Waals surface area contributed by atoms with Crippen molar-refractivity contribution in [2.24, 2.45) is 0 Å². The molecule has 3 aromatic rings. The first-order valence-corrected chi connectivity index (χ1v) is 11.4. The van der Waals surface area contributed by atoms with Crippen LogP contribution in [0.4, 0.5) is 20.7 Å². The molecule has 1 aliphatic heterocycles. The molecule has 0 bridgehead atoms. The van der Waals surface area contributed by atoms with E-state index in [4.69, 9.17) is 27.9 Å². The van der Waals surface area contributed by atoms with E-state index < -0.39 is 11.4 Å². The molecule has 1 atom stereocenters. The molecule has 1 saturated heterocycles. The summed E-state index contributed by atoms with van der Waals surface area (Å²) < 4.78 is 20.1. The van der Waals surface area contributed by atoms with Gasteiger partial charge in [-0.15, -0.1) is 0 Å². The number of fused-ring (bicyclic) bond motifs is 1. The van der Waals surface area contributed by atoms with E-state index in [9.17, 15) is 9.18 Å². The number of anilines is 2. The van der Waals surface area contributed by atoms with E-state index in [1.165, 1.54) is 18.5 Å². The Balaban J connectivity index is 1.62. The smallest absolute Gasteiger partial charge is 0.410 e. The second kappa shape index (κ2) is 9.27. The van der Waals surface area contributed by atoms with Gasteiger partial charge in [-0.1, -0.05) is 23.2 Å². The minimum Gasteiger partial charge on any atom is -0.444 e. The first kappa shape index (κ1) is 23.4. The molecule has 33 heavy (non-hydrogen) atoms. The number of likely N-dealkylation sites (tertiary alicyclic amines) is 1. The molecular weight excluding hydrogens is 468 g/mol. The van der Waals surface area contributed by atoms with Gasteiger partial charge >= 0.3 is 6.09 Å². The molecule has 1 aromatic carbocycles. The number of nitrogens with zero attached hydrogens (tertiary/aromatic N) is 4. The molecule has 1 fully saturated rings. The van der Waals surface area contributed by atoms with Crippen LogP contribution in [-0.2, 0) is 4.74 Å². The summed E-state index contributed by atoms with van der Waals surface area (Å²) >= 11 is 11.8. The van der Waals surface area contributed by atoms with Crippen LogP contribution >= 0.6 is 23.2 Å². The maximum atomic E-state index is 14.6. The zero-order chi connectivity index (χ0) is 23.8. The third kappa shape index (κ3) is 5.28. The summed E-state index contributed by atoms with van der Waals surface area (Å²) in [6, 6.07) is 4.90. The van der Waals surface area contributed by atoms with Gasteiger partial charge in [0.2, 0.25) is 0 Å². The number of hydrogen-bond acceptors (Lipinski definition) is 6. The largest absolute Gasteiger partial charge is 0.444 e. The van der Waals surface area contributed by atoms with Gasteiger partial charge in [-0.25, -0.2) is 19.2 Å². The molecule has 4 rings (SSSR count). The summed E-state index contributed by atoms with van der Waals surface area (Å²) in [5, 5.41) is 3.64. The van der Waals surface area contributed by atoms with Crippen molar-refractivity contribution in [2.75, 3.05) is 18.4 Å². The quantitative estimate of drug-likeness (QED) is 0.431. The lowest BCUT2D eigenvalue weighted by Gasteiger charge is -2.34. The van der Waals surface area contributed by atoms with Gasteiger partial charge in [-0.05, 0) is 51.8 Å². The lowest BCUT2D eigenvalue weighted by atomic mass is 9.94. The highest BCUT2D eigenvalue weighted by atomic mass is 35.5. The fourth-order valence-corrected chi connectivity index (χ4v) is 4.07. The maximum Gasteiger partial charge on any atom is 0.410 e. The molecule has 0 aliphatic carbocycles. The zero-order valence-electron chi connectivity index (χ0n) is 18.5. The molecule has 0 spiro atoms. The summed E-state index contributed by atoms with van der Waals surface area (Å²) in [5.41, 5.74) is 1.01. The fraction of sp³-hybridized carbons (Fsp3) is 0.391. The first-order chi connectivity index (χ1) is 15.6. The second-order valence-corrected chi connectivity index (χ2v) is 9.75. The van der Waals surface area contributed by atoms with Crippen LogP contribution < -0.4 is 5.32 Å². The van der Waals surface area contributed by atoms with E-state index in [0.717, 1.165) is 18.5 Å². The number of nitrogens with one attached hydrogen (secondary N) is 1. The normalized spacial score (nSPS) is 16.7. The summed E-state index contributed by atoms with van der Waals surface area (Å²) in [7, 11) is 0. The molecule has 2 aromatic heterocycles. The molecule has 0 unspecified atom stereocenters. The Morgan fingerprint density at radius 1 is 1.24 bits per heavy atom. The molecule has 1 aliphatic rings. The van der Waals surface area contributed by atoms with E-state index in [0.29, 0.717) is 29.8 Å². The highest BCUT2D eigenvalue weighted by Crippen LogP contribution is 2.34. The predicted molar refractivity (Wildman–Crippen MR) is 127 cm³/mol. The highest BCUT2D eigenvalue weighted by Gasteiger charge is 2.29. The van der Waals surface area contributed by atoms with Crippen LogP contribution in [0.2, 0.25) is 10.0 Å². The third-order valence-electron chi connectivity index (χ3n) is 5.32. The van der Waals surface area contributed by atoms with E-state index >= 15 is 0 Å². The van der Waals surface area contributed by atoms with Crippen molar-refractivity contribution >= 4 is 51.7 Å². The third-order valence-corrected chi connectivity index (χ3v) is 6.10. The molecule has 10 heteroatoms. The summed E-state index contributed by atoms with van der Waals surface area (Å²) in [4.78, 5) is 27.4. The maximum absolute atomic E-state index is 14.6. The summed E-state index contributed by atoms with van der Waals surface area (Å²) in [6.45, 7) is 6.70. The zero-order valence-corrected chi connectivity index (χ0v) is 20.0. The van der Waals surface area contributed by atoms with Crippen molar-refractivity contribution in [3.05, 3.63) is 52.3 Å². The Morgan fingerprint density at radius 2 is 2.03 bits per heavy atom. The van der Waals surface area contributed by atoms with E-state index in [1.54, 1.807) is 11.1 Å². The molecule has 3 heterocycles. The molecule has 0 saturated carbocycles. The van der Waals surface area contributed by atoms with Gasteiger partial charge in [0, 0.05) is 30.1 Å². The van der Waals surface area contributed by atoms with Gasteiger partial charge < -0.3 is 15.0 Å². The van der Waals surface area contributed by atoms with E-state index in [-0.39, 0.29) is 27.7 Å². The lowest BCUT2D eigenvalue weighted by molar-refractivity contribution is 0.0197. The standard InChI is InChI=1S/C23H24Cl2FN5O2/c1-23(2,3)33-22(32)31-8-4-5-13(11-31)17-9-14-18(10-27-17)28-12-29-21(14)30-16-7-6-15(24)19(25)20(16)26/h6-7,9-10,12-13H,4-5,8,11H2,1-3H3,(H,28,29,30)/t13-/m0/s1. The molecule has 174 valence electrons. The second-order valence-electron chi connectivity index (χ2n) is 8.96. The van der Waals surface area contributed by atoms with Gasteiger partial charge in [0.25, 0.3) is 0 Å². The van der Waals surface area contributed by atoms with Crippen molar-refractivity contribution in [1.82, 2.24) is 19.9 Å². The molecule has 1 N–H and O–H groups in total. The molecule has 7 nitrogen and oxygen atoms in total. The number of hydrogen-bond donors (Lipinski definition) is 1.